The second-order valence-corrected chi connectivity index (χ2v) is 3.53. The number of benzene rings is 1. The molecule has 0 unspecified atom stereocenters. The Morgan fingerprint density at radius 3 is 2.82 bits per heavy atom. The summed E-state index contributed by atoms with van der Waals surface area (Å²) in [6.07, 6.45) is 3.33. The Bertz CT molecular complexity index is 633. The lowest BCUT2D eigenvalue weighted by Crippen LogP contribution is -1.89. The molecule has 0 saturated carbocycles. The van der Waals surface area contributed by atoms with Crippen LogP contribution in [0.5, 0.6) is 11.6 Å². The van der Waals surface area contributed by atoms with Gasteiger partial charge in [0.05, 0.1) is 0 Å². The summed E-state index contributed by atoms with van der Waals surface area (Å²) >= 11 is 0. The summed E-state index contributed by atoms with van der Waals surface area (Å²) in [5.41, 5.74) is 0.838. The molecule has 0 atom stereocenters. The standard InChI is InChI=1S/C14H9N2O/c1-2-9-15-13(8-1)17-12-7-3-5-11-6-4-10-16-14(11)12/h1,3-10H. The quantitative estimate of drug-likeness (QED) is 0.666. The number of fused-ring (bicyclic) bond motifs is 1. The third-order valence-electron chi connectivity index (χ3n) is 2.40. The number of hydrogen-bond donors (Lipinski definition) is 0. The van der Waals surface area contributed by atoms with Crippen LogP contribution in [0.3, 0.4) is 0 Å². The lowest BCUT2D eigenvalue weighted by atomic mass is 10.2. The third kappa shape index (κ3) is 1.95. The van der Waals surface area contributed by atoms with Gasteiger partial charge in [0.1, 0.15) is 5.52 Å². The average molecular weight is 221 g/mol. The van der Waals surface area contributed by atoms with Crippen molar-refractivity contribution in [2.75, 3.05) is 0 Å². The van der Waals surface area contributed by atoms with Crippen LogP contribution in [-0.4, -0.2) is 9.97 Å². The first-order valence-electron chi connectivity index (χ1n) is 5.27. The van der Waals surface area contributed by atoms with Gasteiger partial charge in [-0.3, -0.25) is 4.98 Å². The van der Waals surface area contributed by atoms with E-state index in [-0.39, 0.29) is 0 Å². The Morgan fingerprint density at radius 2 is 1.94 bits per heavy atom. The second kappa shape index (κ2) is 4.22. The van der Waals surface area contributed by atoms with E-state index in [2.05, 4.69) is 16.0 Å². The van der Waals surface area contributed by atoms with Gasteiger partial charge in [-0.05, 0) is 18.2 Å². The lowest BCUT2D eigenvalue weighted by Gasteiger charge is -2.06. The van der Waals surface area contributed by atoms with Crippen molar-refractivity contribution in [1.82, 2.24) is 9.97 Å². The molecule has 81 valence electrons. The van der Waals surface area contributed by atoms with Gasteiger partial charge in [-0.25, -0.2) is 4.98 Å². The normalized spacial score (nSPS) is 10.4. The first-order valence-corrected chi connectivity index (χ1v) is 5.27. The Hall–Kier alpha value is -2.42. The highest BCUT2D eigenvalue weighted by atomic mass is 16.5. The number of para-hydroxylation sites is 1. The summed E-state index contributed by atoms with van der Waals surface area (Å²) in [5, 5.41) is 1.05. The first-order chi connectivity index (χ1) is 8.43. The van der Waals surface area contributed by atoms with Crippen molar-refractivity contribution in [3.8, 4) is 11.6 Å². The fraction of sp³-hybridized carbons (Fsp3) is 0. The Morgan fingerprint density at radius 1 is 1.00 bits per heavy atom. The van der Waals surface area contributed by atoms with Crippen LogP contribution in [0.1, 0.15) is 0 Å². The molecule has 17 heavy (non-hydrogen) atoms. The zero-order valence-corrected chi connectivity index (χ0v) is 9.00. The van der Waals surface area contributed by atoms with Crippen LogP contribution < -0.4 is 4.74 Å². The van der Waals surface area contributed by atoms with Crippen LogP contribution in [0.4, 0.5) is 0 Å². The van der Waals surface area contributed by atoms with Gasteiger partial charge in [-0.1, -0.05) is 18.2 Å². The van der Waals surface area contributed by atoms with E-state index in [0.29, 0.717) is 11.6 Å². The van der Waals surface area contributed by atoms with Crippen molar-refractivity contribution in [2.45, 2.75) is 0 Å². The molecule has 3 aromatic rings. The maximum absolute atomic E-state index is 5.70. The summed E-state index contributed by atoms with van der Waals surface area (Å²) in [6.45, 7) is 0. The van der Waals surface area contributed by atoms with E-state index in [1.54, 1.807) is 24.5 Å². The van der Waals surface area contributed by atoms with Crippen molar-refractivity contribution < 1.29 is 4.74 Å². The van der Waals surface area contributed by atoms with E-state index in [0.717, 1.165) is 10.9 Å². The maximum atomic E-state index is 5.70. The molecule has 0 N–H and O–H groups in total. The molecule has 0 saturated heterocycles. The number of ether oxygens (including phenoxy) is 1. The van der Waals surface area contributed by atoms with Crippen LogP contribution in [0.25, 0.3) is 10.9 Å². The second-order valence-electron chi connectivity index (χ2n) is 3.53. The van der Waals surface area contributed by atoms with Crippen LogP contribution in [0, 0.1) is 6.07 Å². The van der Waals surface area contributed by atoms with Crippen molar-refractivity contribution in [2.24, 2.45) is 0 Å². The molecule has 3 heteroatoms. The fourth-order valence-electron chi connectivity index (χ4n) is 1.64. The molecule has 1 radical (unpaired) electrons. The maximum Gasteiger partial charge on any atom is 0.219 e. The molecule has 0 spiro atoms. The molecule has 0 amide bonds. The topological polar surface area (TPSA) is 35.0 Å². The smallest absolute Gasteiger partial charge is 0.219 e. The van der Waals surface area contributed by atoms with Gasteiger partial charge in [0.15, 0.2) is 5.75 Å². The van der Waals surface area contributed by atoms with E-state index in [9.17, 15) is 0 Å². The summed E-state index contributed by atoms with van der Waals surface area (Å²) in [5.74, 6) is 1.25. The van der Waals surface area contributed by atoms with Gasteiger partial charge in [0.2, 0.25) is 5.88 Å². The van der Waals surface area contributed by atoms with Gasteiger partial charge in [0, 0.05) is 29.9 Å². The summed E-state index contributed by atoms with van der Waals surface area (Å²) in [4.78, 5) is 8.39. The molecule has 0 aliphatic heterocycles. The number of aromatic nitrogens is 2. The molecule has 2 aromatic heterocycles. The number of nitrogens with zero attached hydrogens (tertiary/aromatic N) is 2. The molecule has 0 aliphatic rings. The predicted octanol–water partition coefficient (Wildman–Crippen LogP) is 3.22. The zero-order valence-electron chi connectivity index (χ0n) is 9.00. The number of hydrogen-bond acceptors (Lipinski definition) is 3. The van der Waals surface area contributed by atoms with Crippen molar-refractivity contribution >= 4 is 10.9 Å². The Kier molecular flexibility index (Phi) is 2.43. The molecular formula is C14H9N2O. The molecule has 0 aliphatic carbocycles. The third-order valence-corrected chi connectivity index (χ3v) is 2.40. The number of rotatable bonds is 2. The highest BCUT2D eigenvalue weighted by Crippen LogP contribution is 2.26. The Labute approximate surface area is 98.7 Å². The van der Waals surface area contributed by atoms with Crippen molar-refractivity contribution in [1.29, 1.82) is 0 Å². The minimum atomic E-state index is 0.543. The summed E-state index contributed by atoms with van der Waals surface area (Å²) in [7, 11) is 0. The van der Waals surface area contributed by atoms with E-state index < -0.39 is 0 Å². The molecule has 1 aromatic carbocycles. The molecule has 0 bridgehead atoms. The van der Waals surface area contributed by atoms with Gasteiger partial charge in [0.25, 0.3) is 0 Å². The number of pyridine rings is 2. The van der Waals surface area contributed by atoms with Crippen LogP contribution in [-0.2, 0) is 0 Å². The highest BCUT2D eigenvalue weighted by Gasteiger charge is 2.03. The Balaban J connectivity index is 2.06. The van der Waals surface area contributed by atoms with Gasteiger partial charge in [-0.2, -0.15) is 0 Å². The summed E-state index contributed by atoms with van der Waals surface area (Å²) in [6, 6.07) is 16.1. The molecule has 2 heterocycles. The predicted molar refractivity (Wildman–Crippen MR) is 64.9 cm³/mol. The SMILES string of the molecule is [c]1ccc(Oc2cccc3cccnc23)nc1. The minimum absolute atomic E-state index is 0.543. The molecule has 0 fully saturated rings. The lowest BCUT2D eigenvalue weighted by molar-refractivity contribution is 0.467. The molecular weight excluding hydrogens is 212 g/mol. The van der Waals surface area contributed by atoms with Crippen LogP contribution in [0.2, 0.25) is 0 Å². The zero-order chi connectivity index (χ0) is 11.5. The minimum Gasteiger partial charge on any atom is -0.437 e. The fourth-order valence-corrected chi connectivity index (χ4v) is 1.64. The molecule has 3 rings (SSSR count). The first kappa shape index (κ1) is 9.78. The van der Waals surface area contributed by atoms with E-state index in [1.807, 2.05) is 30.3 Å². The molecule has 3 nitrogen and oxygen atoms in total. The van der Waals surface area contributed by atoms with Crippen molar-refractivity contribution in [3.05, 3.63) is 60.9 Å². The van der Waals surface area contributed by atoms with Crippen LogP contribution in [0.15, 0.2) is 54.9 Å². The monoisotopic (exact) mass is 221 g/mol. The van der Waals surface area contributed by atoms with E-state index >= 15 is 0 Å². The van der Waals surface area contributed by atoms with Gasteiger partial charge in [-0.15, -0.1) is 0 Å². The van der Waals surface area contributed by atoms with E-state index in [4.69, 9.17) is 4.74 Å². The van der Waals surface area contributed by atoms with E-state index in [1.165, 1.54) is 0 Å². The average Bonchev–Trinajstić information content (AvgIpc) is 2.40. The highest BCUT2D eigenvalue weighted by molar-refractivity contribution is 5.84. The van der Waals surface area contributed by atoms with Crippen LogP contribution >= 0.6 is 0 Å². The van der Waals surface area contributed by atoms with Gasteiger partial charge >= 0.3 is 0 Å². The van der Waals surface area contributed by atoms with Crippen molar-refractivity contribution in [3.63, 3.8) is 0 Å². The largest absolute Gasteiger partial charge is 0.437 e. The summed E-state index contributed by atoms with van der Waals surface area (Å²) < 4.78 is 5.70. The van der Waals surface area contributed by atoms with Gasteiger partial charge < -0.3 is 4.74 Å².